The van der Waals surface area contributed by atoms with Gasteiger partial charge >= 0.3 is 0 Å². The van der Waals surface area contributed by atoms with Gasteiger partial charge in [0.2, 0.25) is 5.88 Å². The number of benzene rings is 1. The van der Waals surface area contributed by atoms with Gasteiger partial charge in [0.1, 0.15) is 11.7 Å². The second kappa shape index (κ2) is 8.36. The molecule has 0 saturated heterocycles. The van der Waals surface area contributed by atoms with Gasteiger partial charge in [-0.2, -0.15) is 0 Å². The quantitative estimate of drug-likeness (QED) is 0.820. The van der Waals surface area contributed by atoms with Crippen LogP contribution < -0.4 is 14.8 Å². The number of carbonyl (C=O) groups excluding carboxylic acids is 1. The Morgan fingerprint density at radius 1 is 1.35 bits per heavy atom. The van der Waals surface area contributed by atoms with Crippen LogP contribution in [0.5, 0.6) is 11.6 Å². The summed E-state index contributed by atoms with van der Waals surface area (Å²) >= 11 is 6.20. The molecule has 1 fully saturated rings. The van der Waals surface area contributed by atoms with E-state index in [9.17, 15) is 9.18 Å². The molecule has 138 valence electrons. The van der Waals surface area contributed by atoms with Gasteiger partial charge in [-0.3, -0.25) is 4.79 Å². The number of rotatable bonds is 6. The Morgan fingerprint density at radius 2 is 2.12 bits per heavy atom. The van der Waals surface area contributed by atoms with Crippen molar-refractivity contribution >= 4 is 17.5 Å². The summed E-state index contributed by atoms with van der Waals surface area (Å²) in [5, 5.41) is 3.01. The lowest BCUT2D eigenvalue weighted by Gasteiger charge is -2.16. The zero-order valence-electron chi connectivity index (χ0n) is 14.4. The summed E-state index contributed by atoms with van der Waals surface area (Å²) < 4.78 is 24.5. The molecule has 1 amide bonds. The monoisotopic (exact) mass is 378 g/mol. The Balaban J connectivity index is 1.71. The Labute approximate surface area is 156 Å². The van der Waals surface area contributed by atoms with Crippen molar-refractivity contribution in [1.29, 1.82) is 0 Å². The highest BCUT2D eigenvalue weighted by Crippen LogP contribution is 2.29. The normalized spacial score (nSPS) is 14.3. The minimum atomic E-state index is -0.482. The molecule has 0 atom stereocenters. The third-order valence-corrected chi connectivity index (χ3v) is 4.66. The topological polar surface area (TPSA) is 60.5 Å². The largest absolute Gasteiger partial charge is 0.494 e. The SMILES string of the molecule is COc1ccc(CNC(=O)c2c(Cl)ccnc2OC2CCCC2)cc1F. The number of ether oxygens (including phenoxy) is 2. The van der Waals surface area contributed by atoms with E-state index in [1.165, 1.54) is 25.4 Å². The molecule has 7 heteroatoms. The van der Waals surface area contributed by atoms with Gasteiger partial charge in [0, 0.05) is 12.7 Å². The average Bonchev–Trinajstić information content (AvgIpc) is 3.13. The maximum atomic E-state index is 13.8. The zero-order chi connectivity index (χ0) is 18.5. The second-order valence-electron chi connectivity index (χ2n) is 6.15. The lowest BCUT2D eigenvalue weighted by Crippen LogP contribution is -2.25. The first-order valence-corrected chi connectivity index (χ1v) is 8.88. The molecule has 0 spiro atoms. The molecule has 1 aliphatic carbocycles. The molecule has 5 nitrogen and oxygen atoms in total. The van der Waals surface area contributed by atoms with Crippen LogP contribution in [0.25, 0.3) is 0 Å². The summed E-state index contributed by atoms with van der Waals surface area (Å²) in [7, 11) is 1.40. The van der Waals surface area contributed by atoms with Crippen LogP contribution in [0.2, 0.25) is 5.02 Å². The fraction of sp³-hybridized carbons (Fsp3) is 0.368. The van der Waals surface area contributed by atoms with Crippen LogP contribution in [0.1, 0.15) is 41.6 Å². The molecule has 2 aromatic rings. The highest BCUT2D eigenvalue weighted by molar-refractivity contribution is 6.34. The van der Waals surface area contributed by atoms with Crippen molar-refractivity contribution in [3.8, 4) is 11.6 Å². The number of hydrogen-bond donors (Lipinski definition) is 1. The average molecular weight is 379 g/mol. The van der Waals surface area contributed by atoms with Crippen LogP contribution in [0.15, 0.2) is 30.5 Å². The predicted octanol–water partition coefficient (Wildman–Crippen LogP) is 4.13. The van der Waals surface area contributed by atoms with Gasteiger partial charge in [0.05, 0.1) is 12.1 Å². The Hall–Kier alpha value is -2.34. The number of hydrogen-bond acceptors (Lipinski definition) is 4. The number of amides is 1. The van der Waals surface area contributed by atoms with Gasteiger partial charge in [-0.1, -0.05) is 17.7 Å². The summed E-state index contributed by atoms with van der Waals surface area (Å²) in [5.41, 5.74) is 0.810. The Kier molecular flexibility index (Phi) is 5.93. The molecule has 1 N–H and O–H groups in total. The molecule has 1 saturated carbocycles. The van der Waals surface area contributed by atoms with E-state index < -0.39 is 11.7 Å². The van der Waals surface area contributed by atoms with Crippen molar-refractivity contribution in [2.75, 3.05) is 7.11 Å². The lowest BCUT2D eigenvalue weighted by molar-refractivity contribution is 0.0942. The van der Waals surface area contributed by atoms with E-state index in [1.807, 2.05) is 0 Å². The molecular weight excluding hydrogens is 359 g/mol. The fourth-order valence-electron chi connectivity index (χ4n) is 2.97. The maximum absolute atomic E-state index is 13.8. The van der Waals surface area contributed by atoms with Crippen molar-refractivity contribution in [2.45, 2.75) is 38.3 Å². The first-order valence-electron chi connectivity index (χ1n) is 8.50. The van der Waals surface area contributed by atoms with Crippen LogP contribution in [0.4, 0.5) is 4.39 Å². The number of methoxy groups -OCH3 is 1. The summed E-state index contributed by atoms with van der Waals surface area (Å²) in [5.74, 6) is -0.498. The standard InChI is InChI=1S/C19H20ClFN2O3/c1-25-16-7-6-12(10-15(16)21)11-23-18(24)17-14(20)8-9-22-19(17)26-13-4-2-3-5-13/h6-10,13H,2-5,11H2,1H3,(H,23,24). The van der Waals surface area contributed by atoms with E-state index in [2.05, 4.69) is 10.3 Å². The number of halogens is 2. The van der Waals surface area contributed by atoms with Crippen LogP contribution >= 0.6 is 11.6 Å². The highest BCUT2D eigenvalue weighted by Gasteiger charge is 2.23. The smallest absolute Gasteiger partial charge is 0.258 e. The molecule has 26 heavy (non-hydrogen) atoms. The summed E-state index contributed by atoms with van der Waals surface area (Å²) in [6.07, 6.45) is 5.68. The molecule has 0 unspecified atom stereocenters. The minimum Gasteiger partial charge on any atom is -0.494 e. The van der Waals surface area contributed by atoms with Crippen molar-refractivity contribution in [1.82, 2.24) is 10.3 Å². The third kappa shape index (κ3) is 4.25. The van der Waals surface area contributed by atoms with Gasteiger partial charge in [-0.25, -0.2) is 9.37 Å². The van der Waals surface area contributed by atoms with E-state index in [0.29, 0.717) is 5.56 Å². The van der Waals surface area contributed by atoms with Gasteiger partial charge < -0.3 is 14.8 Å². The van der Waals surface area contributed by atoms with Gasteiger partial charge in [0.25, 0.3) is 5.91 Å². The summed E-state index contributed by atoms with van der Waals surface area (Å²) in [6.45, 7) is 0.147. The van der Waals surface area contributed by atoms with Gasteiger partial charge in [-0.05, 0) is 49.4 Å². The second-order valence-corrected chi connectivity index (χ2v) is 6.56. The third-order valence-electron chi connectivity index (χ3n) is 4.34. The molecule has 0 aliphatic heterocycles. The predicted molar refractivity (Wildman–Crippen MR) is 96.3 cm³/mol. The van der Waals surface area contributed by atoms with E-state index in [1.54, 1.807) is 12.1 Å². The molecule has 1 aromatic heterocycles. The van der Waals surface area contributed by atoms with Crippen molar-refractivity contribution in [2.24, 2.45) is 0 Å². The van der Waals surface area contributed by atoms with Crippen molar-refractivity contribution in [3.63, 3.8) is 0 Å². The van der Waals surface area contributed by atoms with Crippen LogP contribution in [0.3, 0.4) is 0 Å². The zero-order valence-corrected chi connectivity index (χ0v) is 15.2. The summed E-state index contributed by atoms with van der Waals surface area (Å²) in [4.78, 5) is 16.8. The molecule has 1 aliphatic rings. The van der Waals surface area contributed by atoms with Crippen molar-refractivity contribution < 1.29 is 18.7 Å². The van der Waals surface area contributed by atoms with E-state index in [4.69, 9.17) is 21.1 Å². The van der Waals surface area contributed by atoms with Crippen LogP contribution in [-0.4, -0.2) is 24.1 Å². The molecular formula is C19H20ClFN2O3. The van der Waals surface area contributed by atoms with Crippen molar-refractivity contribution in [3.05, 3.63) is 52.4 Å². The number of pyridine rings is 1. The molecule has 3 rings (SSSR count). The first kappa shape index (κ1) is 18.5. The molecule has 1 aromatic carbocycles. The molecule has 0 radical (unpaired) electrons. The highest BCUT2D eigenvalue weighted by atomic mass is 35.5. The Bertz CT molecular complexity index is 794. The number of nitrogens with zero attached hydrogens (tertiary/aromatic N) is 1. The molecule has 1 heterocycles. The number of aromatic nitrogens is 1. The first-order chi connectivity index (χ1) is 12.6. The Morgan fingerprint density at radius 3 is 2.81 bits per heavy atom. The maximum Gasteiger partial charge on any atom is 0.258 e. The minimum absolute atomic E-state index is 0.0585. The fourth-order valence-corrected chi connectivity index (χ4v) is 3.19. The summed E-state index contributed by atoms with van der Waals surface area (Å²) in [6, 6.07) is 6.07. The van der Waals surface area contributed by atoms with E-state index in [-0.39, 0.29) is 34.9 Å². The van der Waals surface area contributed by atoms with E-state index in [0.717, 1.165) is 25.7 Å². The number of nitrogens with one attached hydrogen (secondary N) is 1. The lowest BCUT2D eigenvalue weighted by atomic mass is 10.2. The molecule has 0 bridgehead atoms. The van der Waals surface area contributed by atoms with Crippen LogP contribution in [0, 0.1) is 5.82 Å². The van der Waals surface area contributed by atoms with Gasteiger partial charge in [0.15, 0.2) is 11.6 Å². The van der Waals surface area contributed by atoms with Crippen LogP contribution in [-0.2, 0) is 6.54 Å². The van der Waals surface area contributed by atoms with E-state index >= 15 is 0 Å². The van der Waals surface area contributed by atoms with Gasteiger partial charge in [-0.15, -0.1) is 0 Å². The number of carbonyl (C=O) groups is 1.